The summed E-state index contributed by atoms with van der Waals surface area (Å²) >= 11 is 0. The van der Waals surface area contributed by atoms with Crippen LogP contribution < -0.4 is 0 Å². The standard InChI is InChI=1S/C20H26O3.Na/c1-12-8-13(2)18(14(3)9-12)19-17(21)11-16(20(19)22)10-15-4-6-23-7-5-15;/h8-9,15-16,19H,4-7,10-11H2,1-3H3;. The zero-order chi connectivity index (χ0) is 16.6. The molecular weight excluding hydrogens is 311 g/mol. The van der Waals surface area contributed by atoms with Gasteiger partial charge in [0.05, 0.1) is 0 Å². The van der Waals surface area contributed by atoms with E-state index in [0.717, 1.165) is 49.2 Å². The van der Waals surface area contributed by atoms with Crippen molar-refractivity contribution in [2.45, 2.75) is 52.4 Å². The van der Waals surface area contributed by atoms with Crippen LogP contribution in [0, 0.1) is 32.6 Å². The predicted molar refractivity (Wildman–Crippen MR) is 95.4 cm³/mol. The Morgan fingerprint density at radius 2 is 1.62 bits per heavy atom. The summed E-state index contributed by atoms with van der Waals surface area (Å²) in [6, 6.07) is 4.16. The summed E-state index contributed by atoms with van der Waals surface area (Å²) in [5, 5.41) is 0. The Hall–Kier alpha value is -0.480. The van der Waals surface area contributed by atoms with Crippen molar-refractivity contribution in [1.82, 2.24) is 0 Å². The Kier molecular flexibility index (Phi) is 6.83. The van der Waals surface area contributed by atoms with Gasteiger partial charge in [0, 0.05) is 55.1 Å². The van der Waals surface area contributed by atoms with E-state index in [1.165, 1.54) is 5.56 Å². The third kappa shape index (κ3) is 4.01. The van der Waals surface area contributed by atoms with Crippen LogP contribution in [0.2, 0.25) is 0 Å². The summed E-state index contributed by atoms with van der Waals surface area (Å²) in [5.74, 6) is 0.180. The fourth-order valence-electron chi connectivity index (χ4n) is 4.39. The first-order chi connectivity index (χ1) is 11.0. The molecule has 1 heterocycles. The summed E-state index contributed by atoms with van der Waals surface area (Å²) in [6.07, 6.45) is 3.32. The van der Waals surface area contributed by atoms with E-state index in [1.54, 1.807) is 0 Å². The van der Waals surface area contributed by atoms with Crippen LogP contribution in [0.25, 0.3) is 0 Å². The number of benzene rings is 1. The van der Waals surface area contributed by atoms with Gasteiger partial charge in [0.15, 0.2) is 5.78 Å². The number of carbonyl (C=O) groups is 2. The maximum Gasteiger partial charge on any atom is 0.151 e. The fourth-order valence-corrected chi connectivity index (χ4v) is 4.39. The zero-order valence-corrected chi connectivity index (χ0v) is 17.4. The molecule has 1 aliphatic heterocycles. The van der Waals surface area contributed by atoms with Gasteiger partial charge in [0.25, 0.3) is 0 Å². The first-order valence-corrected chi connectivity index (χ1v) is 8.69. The van der Waals surface area contributed by atoms with Gasteiger partial charge in [0.1, 0.15) is 11.7 Å². The van der Waals surface area contributed by atoms with E-state index in [-0.39, 0.29) is 47.0 Å². The number of ether oxygens (including phenoxy) is 1. The number of rotatable bonds is 3. The zero-order valence-electron chi connectivity index (χ0n) is 15.4. The molecule has 3 rings (SSSR count). The molecule has 2 atom stereocenters. The number of Topliss-reactive ketones (excluding diaryl/α,β-unsaturated/α-hetero) is 2. The Balaban J connectivity index is 0.00000208. The van der Waals surface area contributed by atoms with E-state index in [4.69, 9.17) is 4.74 Å². The maximum atomic E-state index is 12.9. The monoisotopic (exact) mass is 337 g/mol. The SMILES string of the molecule is Cc1cc(C)c(C2C(=O)CC(CC3CCOCC3)C2=O)c(C)c1.[Na]. The molecule has 0 amide bonds. The molecule has 1 radical (unpaired) electrons. The maximum absolute atomic E-state index is 12.9. The third-order valence-electron chi connectivity index (χ3n) is 5.44. The largest absolute Gasteiger partial charge is 0.381 e. The van der Waals surface area contributed by atoms with Crippen molar-refractivity contribution in [3.8, 4) is 0 Å². The van der Waals surface area contributed by atoms with Crippen molar-refractivity contribution < 1.29 is 14.3 Å². The van der Waals surface area contributed by atoms with Crippen molar-refractivity contribution in [3.05, 3.63) is 34.4 Å². The van der Waals surface area contributed by atoms with E-state index in [9.17, 15) is 9.59 Å². The molecule has 3 nitrogen and oxygen atoms in total. The number of hydrogen-bond donors (Lipinski definition) is 0. The Morgan fingerprint density at radius 1 is 1.04 bits per heavy atom. The van der Waals surface area contributed by atoms with Crippen LogP contribution in [-0.4, -0.2) is 54.3 Å². The van der Waals surface area contributed by atoms with Crippen LogP contribution in [0.4, 0.5) is 0 Å². The summed E-state index contributed by atoms with van der Waals surface area (Å²) in [7, 11) is 0. The van der Waals surface area contributed by atoms with Gasteiger partial charge in [-0.15, -0.1) is 0 Å². The van der Waals surface area contributed by atoms with Crippen LogP contribution in [0.15, 0.2) is 12.1 Å². The molecule has 0 N–H and O–H groups in total. The average molecular weight is 337 g/mol. The number of carbonyl (C=O) groups excluding carboxylic acids is 2. The Bertz CT molecular complexity index is 609. The second-order valence-corrected chi connectivity index (χ2v) is 7.31. The van der Waals surface area contributed by atoms with Crippen molar-refractivity contribution in [2.75, 3.05) is 13.2 Å². The minimum atomic E-state index is -0.527. The first-order valence-electron chi connectivity index (χ1n) is 8.69. The first kappa shape index (κ1) is 19.8. The number of hydrogen-bond acceptors (Lipinski definition) is 3. The molecule has 2 aliphatic rings. The molecule has 0 bridgehead atoms. The van der Waals surface area contributed by atoms with Gasteiger partial charge in [-0.3, -0.25) is 9.59 Å². The van der Waals surface area contributed by atoms with E-state index >= 15 is 0 Å². The molecule has 1 aromatic rings. The van der Waals surface area contributed by atoms with Gasteiger partial charge in [-0.05, 0) is 62.6 Å². The minimum absolute atomic E-state index is 0. The Morgan fingerprint density at radius 3 is 2.21 bits per heavy atom. The number of aryl methyl sites for hydroxylation is 3. The molecule has 0 aromatic heterocycles. The summed E-state index contributed by atoms with van der Waals surface area (Å²) in [5.41, 5.74) is 4.28. The van der Waals surface area contributed by atoms with Crippen LogP contribution in [0.1, 0.15) is 53.9 Å². The summed E-state index contributed by atoms with van der Waals surface area (Å²) < 4.78 is 5.39. The van der Waals surface area contributed by atoms with Crippen LogP contribution in [-0.2, 0) is 14.3 Å². The third-order valence-corrected chi connectivity index (χ3v) is 5.44. The predicted octanol–water partition coefficient (Wildman–Crippen LogP) is 3.29. The van der Waals surface area contributed by atoms with Crippen LogP contribution >= 0.6 is 0 Å². The molecule has 1 saturated heterocycles. The molecule has 1 aliphatic carbocycles. The molecule has 2 fully saturated rings. The quantitative estimate of drug-likeness (QED) is 0.628. The molecule has 1 aromatic carbocycles. The van der Waals surface area contributed by atoms with Crippen LogP contribution in [0.3, 0.4) is 0 Å². The van der Waals surface area contributed by atoms with Crippen LogP contribution in [0.5, 0.6) is 0 Å². The molecule has 2 unspecified atom stereocenters. The molecule has 0 spiro atoms. The molecule has 1 saturated carbocycles. The van der Waals surface area contributed by atoms with Crippen molar-refractivity contribution in [3.63, 3.8) is 0 Å². The van der Waals surface area contributed by atoms with Crippen molar-refractivity contribution in [2.24, 2.45) is 11.8 Å². The van der Waals surface area contributed by atoms with E-state index in [0.29, 0.717) is 12.3 Å². The molecule has 4 heteroatoms. The van der Waals surface area contributed by atoms with Gasteiger partial charge in [-0.1, -0.05) is 17.7 Å². The van der Waals surface area contributed by atoms with Gasteiger partial charge >= 0.3 is 0 Å². The number of ketones is 2. The summed E-state index contributed by atoms with van der Waals surface area (Å²) in [6.45, 7) is 7.66. The average Bonchev–Trinajstić information content (AvgIpc) is 2.75. The molecular formula is C20H26NaO3. The molecule has 24 heavy (non-hydrogen) atoms. The normalized spacial score (nSPS) is 25.0. The van der Waals surface area contributed by atoms with E-state index in [1.807, 2.05) is 13.8 Å². The van der Waals surface area contributed by atoms with Gasteiger partial charge in [0.2, 0.25) is 0 Å². The summed E-state index contributed by atoms with van der Waals surface area (Å²) in [4.78, 5) is 25.5. The second-order valence-electron chi connectivity index (χ2n) is 7.31. The van der Waals surface area contributed by atoms with Crippen molar-refractivity contribution >= 4 is 41.1 Å². The van der Waals surface area contributed by atoms with E-state index in [2.05, 4.69) is 19.1 Å². The smallest absolute Gasteiger partial charge is 0.151 e. The van der Waals surface area contributed by atoms with Gasteiger partial charge < -0.3 is 4.74 Å². The molecule has 125 valence electrons. The van der Waals surface area contributed by atoms with E-state index < -0.39 is 5.92 Å². The Labute approximate surface area is 166 Å². The minimum Gasteiger partial charge on any atom is -0.381 e. The fraction of sp³-hybridized carbons (Fsp3) is 0.600. The topological polar surface area (TPSA) is 43.4 Å². The van der Waals surface area contributed by atoms with Gasteiger partial charge in [-0.2, -0.15) is 0 Å². The van der Waals surface area contributed by atoms with Gasteiger partial charge in [-0.25, -0.2) is 0 Å². The second kappa shape index (κ2) is 8.27. The van der Waals surface area contributed by atoms with Crippen molar-refractivity contribution in [1.29, 1.82) is 0 Å².